The van der Waals surface area contributed by atoms with Gasteiger partial charge in [-0.15, -0.1) is 5.69 Å². The number of nitrogens with zero attached hydrogens (tertiary/aromatic N) is 1. The Morgan fingerprint density at radius 1 is 1.12 bits per heavy atom. The summed E-state index contributed by atoms with van der Waals surface area (Å²) in [6.07, 6.45) is 0. The zero-order valence-corrected chi connectivity index (χ0v) is 4.41. The monoisotopic (exact) mass is 107 g/mol. The highest BCUT2D eigenvalue weighted by molar-refractivity contribution is 5.45. The number of hydrogen-bond acceptors (Lipinski definition) is 1. The van der Waals surface area contributed by atoms with E-state index < -0.39 is 0 Å². The Hall–Kier alpha value is -1.02. The van der Waals surface area contributed by atoms with Crippen LogP contribution in [0, 0.1) is 0 Å². The van der Waals surface area contributed by atoms with Gasteiger partial charge in [0, 0.05) is 0 Å². The second kappa shape index (κ2) is 2.33. The van der Waals surface area contributed by atoms with Gasteiger partial charge in [0.2, 0.25) is 0 Å². The van der Waals surface area contributed by atoms with Gasteiger partial charge in [0.05, 0.1) is 0 Å². The first-order valence-electron chi connectivity index (χ1n) is 2.39. The molecule has 1 aromatic rings. The minimum Gasteiger partial charge on any atom is -0.625 e. The van der Waals surface area contributed by atoms with E-state index >= 15 is 0 Å². The number of nitrogens with two attached hydrogens (primary N) is 1. The molecule has 0 atom stereocenters. The van der Waals surface area contributed by atoms with Crippen LogP contribution >= 0.6 is 0 Å². The van der Waals surface area contributed by atoms with Crippen LogP contribution in [-0.4, -0.2) is 0 Å². The van der Waals surface area contributed by atoms with E-state index in [2.05, 4.69) is 5.43 Å². The molecule has 0 aromatic heterocycles. The number of benzene rings is 1. The zero-order valence-electron chi connectivity index (χ0n) is 4.41. The Morgan fingerprint density at radius 3 is 2.12 bits per heavy atom. The minimum atomic E-state index is 0.813. The summed E-state index contributed by atoms with van der Waals surface area (Å²) in [5.74, 6) is 4.97. The molecule has 0 unspecified atom stereocenters. The van der Waals surface area contributed by atoms with Crippen LogP contribution in [-0.2, 0) is 0 Å². The maximum Gasteiger partial charge on any atom is -0.0624 e. The van der Waals surface area contributed by atoms with E-state index in [-0.39, 0.29) is 0 Å². The quantitative estimate of drug-likeness (QED) is 0.429. The van der Waals surface area contributed by atoms with Crippen LogP contribution in [0.4, 0.5) is 5.69 Å². The van der Waals surface area contributed by atoms with Gasteiger partial charge in [-0.25, -0.2) is 0 Å². The van der Waals surface area contributed by atoms with E-state index in [1.165, 1.54) is 0 Å². The lowest BCUT2D eigenvalue weighted by atomic mass is 10.3. The Labute approximate surface area is 48.3 Å². The lowest BCUT2D eigenvalue weighted by Gasteiger charge is -2.11. The van der Waals surface area contributed by atoms with Crippen molar-refractivity contribution in [1.29, 1.82) is 0 Å². The summed E-state index contributed by atoms with van der Waals surface area (Å²) in [5.41, 5.74) is 4.28. The molecule has 0 aliphatic rings. The molecule has 0 radical (unpaired) electrons. The highest BCUT2D eigenvalue weighted by Crippen LogP contribution is 2.09. The Bertz CT molecular complexity index is 148. The molecule has 1 rings (SSSR count). The van der Waals surface area contributed by atoms with Crippen LogP contribution in [0.3, 0.4) is 0 Å². The third-order valence-corrected chi connectivity index (χ3v) is 0.905. The summed E-state index contributed by atoms with van der Waals surface area (Å²) < 4.78 is 0. The van der Waals surface area contributed by atoms with Crippen molar-refractivity contribution in [2.24, 2.45) is 5.84 Å². The highest BCUT2D eigenvalue weighted by Gasteiger charge is 1.68. The Kier molecular flexibility index (Phi) is 1.49. The molecule has 42 valence electrons. The van der Waals surface area contributed by atoms with Crippen LogP contribution in [0.1, 0.15) is 0 Å². The highest BCUT2D eigenvalue weighted by atomic mass is 15.2. The van der Waals surface area contributed by atoms with Gasteiger partial charge in [0.1, 0.15) is 0 Å². The van der Waals surface area contributed by atoms with Gasteiger partial charge >= 0.3 is 0 Å². The fraction of sp³-hybridized carbons (Fsp3) is 0. The summed E-state index contributed by atoms with van der Waals surface area (Å²) >= 11 is 0. The maximum atomic E-state index is 4.97. The molecule has 0 bridgehead atoms. The van der Waals surface area contributed by atoms with Crippen LogP contribution in [0.5, 0.6) is 0 Å². The van der Waals surface area contributed by atoms with Gasteiger partial charge in [-0.05, 0) is 0 Å². The normalized spacial score (nSPS) is 8.62. The molecule has 8 heavy (non-hydrogen) atoms. The van der Waals surface area contributed by atoms with Crippen molar-refractivity contribution in [3.05, 3.63) is 35.8 Å². The first-order chi connectivity index (χ1) is 3.93. The van der Waals surface area contributed by atoms with E-state index in [9.17, 15) is 0 Å². The predicted molar refractivity (Wildman–Crippen MR) is 33.6 cm³/mol. The average molecular weight is 107 g/mol. The molecule has 0 saturated carbocycles. The molecule has 0 amide bonds. The topological polar surface area (TPSA) is 40.1 Å². The molecular formula is C6H7N2-. The average Bonchev–Trinajstić information content (AvgIpc) is 1.90. The van der Waals surface area contributed by atoms with E-state index in [4.69, 9.17) is 5.84 Å². The Balaban J connectivity index is 2.83. The van der Waals surface area contributed by atoms with Crippen LogP contribution in [0.2, 0.25) is 0 Å². The van der Waals surface area contributed by atoms with Gasteiger partial charge in [-0.2, -0.15) is 0 Å². The molecular weight excluding hydrogens is 100 g/mol. The van der Waals surface area contributed by atoms with Gasteiger partial charge in [0.15, 0.2) is 0 Å². The van der Waals surface area contributed by atoms with Gasteiger partial charge in [0.25, 0.3) is 0 Å². The second-order valence-corrected chi connectivity index (χ2v) is 1.46. The number of rotatable bonds is 1. The first kappa shape index (κ1) is 5.12. The standard InChI is InChI=1S/C6H7N2/c7-8-6-4-2-1-3-5-6/h1-5H,7H2/q-1. The molecule has 0 saturated heterocycles. The molecule has 0 heterocycles. The van der Waals surface area contributed by atoms with Crippen molar-refractivity contribution in [3.63, 3.8) is 0 Å². The molecule has 0 fully saturated rings. The summed E-state index contributed by atoms with van der Waals surface area (Å²) in [4.78, 5) is 0. The SMILES string of the molecule is N[N-]c1ccccc1. The second-order valence-electron chi connectivity index (χ2n) is 1.46. The largest absolute Gasteiger partial charge is 0.625 e. The summed E-state index contributed by atoms with van der Waals surface area (Å²) in [5, 5.41) is 0. The smallest absolute Gasteiger partial charge is 0.0624 e. The van der Waals surface area contributed by atoms with Crippen molar-refractivity contribution < 1.29 is 0 Å². The zero-order chi connectivity index (χ0) is 5.82. The predicted octanol–water partition coefficient (Wildman–Crippen LogP) is 1.57. The molecule has 0 aliphatic carbocycles. The van der Waals surface area contributed by atoms with Gasteiger partial charge in [-0.3, -0.25) is 0 Å². The van der Waals surface area contributed by atoms with E-state index in [1.54, 1.807) is 0 Å². The molecule has 2 heteroatoms. The van der Waals surface area contributed by atoms with Crippen molar-refractivity contribution in [3.8, 4) is 0 Å². The third-order valence-electron chi connectivity index (χ3n) is 0.905. The van der Waals surface area contributed by atoms with E-state index in [1.807, 2.05) is 30.3 Å². The summed E-state index contributed by atoms with van der Waals surface area (Å²) in [7, 11) is 0. The molecule has 0 spiro atoms. The van der Waals surface area contributed by atoms with Crippen molar-refractivity contribution in [2.75, 3.05) is 0 Å². The Morgan fingerprint density at radius 2 is 1.75 bits per heavy atom. The molecule has 0 aliphatic heterocycles. The van der Waals surface area contributed by atoms with Gasteiger partial charge in [-0.1, -0.05) is 30.3 Å². The first-order valence-corrected chi connectivity index (χ1v) is 2.39. The fourth-order valence-corrected chi connectivity index (χ4v) is 0.514. The van der Waals surface area contributed by atoms with E-state index in [0.29, 0.717) is 0 Å². The fourth-order valence-electron chi connectivity index (χ4n) is 0.514. The van der Waals surface area contributed by atoms with Crippen LogP contribution < -0.4 is 5.84 Å². The van der Waals surface area contributed by atoms with Crippen molar-refractivity contribution in [1.82, 2.24) is 0 Å². The maximum absolute atomic E-state index is 4.97. The minimum absolute atomic E-state index is 0.813. The molecule has 1 aromatic carbocycles. The summed E-state index contributed by atoms with van der Waals surface area (Å²) in [6.45, 7) is 0. The number of hydrogen-bond donors (Lipinski definition) is 1. The van der Waals surface area contributed by atoms with Crippen LogP contribution in [0.25, 0.3) is 5.43 Å². The van der Waals surface area contributed by atoms with Gasteiger partial charge < -0.3 is 11.3 Å². The third kappa shape index (κ3) is 0.978. The molecule has 2 N–H and O–H groups in total. The van der Waals surface area contributed by atoms with Crippen molar-refractivity contribution in [2.45, 2.75) is 0 Å². The lowest BCUT2D eigenvalue weighted by Crippen LogP contribution is -1.78. The lowest BCUT2D eigenvalue weighted by molar-refractivity contribution is 1.47. The summed E-state index contributed by atoms with van der Waals surface area (Å²) in [6, 6.07) is 9.41. The molecule has 2 nitrogen and oxygen atoms in total. The van der Waals surface area contributed by atoms with E-state index in [0.717, 1.165) is 5.69 Å². The van der Waals surface area contributed by atoms with Crippen molar-refractivity contribution >= 4 is 5.69 Å². The van der Waals surface area contributed by atoms with Crippen LogP contribution in [0.15, 0.2) is 30.3 Å².